The highest BCUT2D eigenvalue weighted by Crippen LogP contribution is 2.30. The van der Waals surface area contributed by atoms with Crippen LogP contribution in [0, 0.1) is 0 Å². The smallest absolute Gasteiger partial charge is 0.243 e. The van der Waals surface area contributed by atoms with E-state index < -0.39 is 10.0 Å². The molecule has 1 heterocycles. The Labute approximate surface area is 174 Å². The topological polar surface area (TPSA) is 95.5 Å². The molecule has 0 saturated carbocycles. The van der Waals surface area contributed by atoms with Crippen molar-refractivity contribution in [1.82, 2.24) is 14.3 Å². The number of imidazole rings is 1. The molecule has 0 amide bonds. The lowest BCUT2D eigenvalue weighted by Gasteiger charge is -2.18. The van der Waals surface area contributed by atoms with Crippen LogP contribution in [0.3, 0.4) is 0 Å². The van der Waals surface area contributed by atoms with Crippen LogP contribution in [0.2, 0.25) is 0 Å². The quantitative estimate of drug-likeness (QED) is 0.583. The molecule has 0 aliphatic rings. The van der Waals surface area contributed by atoms with E-state index in [1.165, 1.54) is 17.5 Å². The van der Waals surface area contributed by atoms with E-state index in [-0.39, 0.29) is 10.6 Å². The molecule has 0 unspecified atom stereocenters. The van der Waals surface area contributed by atoms with Gasteiger partial charge in [-0.25, -0.2) is 13.4 Å². The highest BCUT2D eigenvalue weighted by Gasteiger charge is 2.22. The number of sulfonamides is 1. The maximum absolute atomic E-state index is 12.7. The second-order valence-electron chi connectivity index (χ2n) is 6.28. The molecule has 0 atom stereocenters. The number of hydrogen-bond acceptors (Lipinski definition) is 5. The van der Waals surface area contributed by atoms with E-state index in [2.05, 4.69) is 9.97 Å². The highest BCUT2D eigenvalue weighted by atomic mass is 35.5. The Morgan fingerprint density at radius 3 is 2.59 bits per heavy atom. The minimum absolute atomic E-state index is 0.00146. The number of methoxy groups -OCH3 is 1. The first-order valence-corrected chi connectivity index (χ1v) is 10.9. The lowest BCUT2D eigenvalue weighted by molar-refractivity contribution is 0.373. The van der Waals surface area contributed by atoms with Gasteiger partial charge in [-0.3, -0.25) is 0 Å². The summed E-state index contributed by atoms with van der Waals surface area (Å²) in [5.74, 6) is 0.764. The molecule has 0 spiro atoms. The number of rotatable bonds is 7. The maximum atomic E-state index is 12.7. The van der Waals surface area contributed by atoms with Gasteiger partial charge in [0.15, 0.2) is 11.5 Å². The van der Waals surface area contributed by atoms with Crippen LogP contribution >= 0.6 is 11.6 Å². The van der Waals surface area contributed by atoms with Gasteiger partial charge in [0.25, 0.3) is 0 Å². The summed E-state index contributed by atoms with van der Waals surface area (Å²) >= 11 is 6.39. The molecule has 29 heavy (non-hydrogen) atoms. The zero-order chi connectivity index (χ0) is 21.2. The van der Waals surface area contributed by atoms with Crippen molar-refractivity contribution in [3.63, 3.8) is 0 Å². The van der Waals surface area contributed by atoms with Gasteiger partial charge in [-0.15, -0.1) is 0 Å². The number of fused-ring (bicyclic) bond motifs is 1. The van der Waals surface area contributed by atoms with Crippen molar-refractivity contribution < 1.29 is 18.3 Å². The number of hydrogen-bond donors (Lipinski definition) is 2. The number of aromatic amines is 1. The van der Waals surface area contributed by atoms with Crippen LogP contribution in [0.1, 0.15) is 25.2 Å². The van der Waals surface area contributed by atoms with Crippen molar-refractivity contribution >= 4 is 43.8 Å². The molecule has 154 valence electrons. The predicted octanol–water partition coefficient (Wildman–Crippen LogP) is 4.04. The molecule has 0 radical (unpaired) electrons. The first-order chi connectivity index (χ1) is 13.8. The van der Waals surface area contributed by atoms with Gasteiger partial charge in [0.2, 0.25) is 10.0 Å². The summed E-state index contributed by atoms with van der Waals surface area (Å²) in [6.45, 7) is 4.40. The number of phenolic OH excluding ortho intramolecular Hbond substituents is 1. The predicted molar refractivity (Wildman–Crippen MR) is 115 cm³/mol. The zero-order valence-electron chi connectivity index (χ0n) is 16.3. The standard InChI is InChI=1S/C20H22ClN3O4S/c1-4-24(5-2)29(26,27)14-7-8-16-17(12-14)23-20(22-16)15(21)10-13-6-9-19(28-3)18(25)11-13/h6-12,25H,4-5H2,1-3H3,(H,22,23). The van der Waals surface area contributed by atoms with Gasteiger partial charge in [-0.05, 0) is 42.0 Å². The third kappa shape index (κ3) is 4.24. The number of halogens is 1. The number of nitrogens with one attached hydrogen (secondary N) is 1. The van der Waals surface area contributed by atoms with Crippen molar-refractivity contribution in [2.75, 3.05) is 20.2 Å². The Kier molecular flexibility index (Phi) is 6.16. The summed E-state index contributed by atoms with van der Waals surface area (Å²) in [5, 5.41) is 10.2. The average Bonchev–Trinajstić information content (AvgIpc) is 3.12. The van der Waals surface area contributed by atoms with Gasteiger partial charge in [-0.1, -0.05) is 31.5 Å². The first kappa shape index (κ1) is 21.2. The SMILES string of the molecule is CCN(CC)S(=O)(=O)c1ccc2nc(C(Cl)=Cc3ccc(OC)c(O)c3)[nH]c2c1. The average molecular weight is 436 g/mol. The number of aromatic hydroxyl groups is 1. The largest absolute Gasteiger partial charge is 0.504 e. The molecule has 0 aliphatic carbocycles. The second kappa shape index (κ2) is 8.44. The van der Waals surface area contributed by atoms with Gasteiger partial charge in [-0.2, -0.15) is 4.31 Å². The van der Waals surface area contributed by atoms with Crippen LogP contribution < -0.4 is 4.74 Å². The Morgan fingerprint density at radius 1 is 1.24 bits per heavy atom. The van der Waals surface area contributed by atoms with Crippen molar-refractivity contribution in [2.24, 2.45) is 0 Å². The summed E-state index contributed by atoms with van der Waals surface area (Å²) in [5.41, 5.74) is 1.83. The van der Waals surface area contributed by atoms with Crippen LogP contribution in [0.4, 0.5) is 0 Å². The van der Waals surface area contributed by atoms with E-state index in [1.807, 2.05) is 0 Å². The second-order valence-corrected chi connectivity index (χ2v) is 8.62. The number of benzene rings is 2. The summed E-state index contributed by atoms with van der Waals surface area (Å²) in [4.78, 5) is 7.68. The number of nitrogens with zero attached hydrogens (tertiary/aromatic N) is 2. The van der Waals surface area contributed by atoms with Crippen LogP contribution in [-0.2, 0) is 10.0 Å². The first-order valence-electron chi connectivity index (χ1n) is 9.04. The fraction of sp³-hybridized carbons (Fsp3) is 0.250. The minimum Gasteiger partial charge on any atom is -0.504 e. The lowest BCUT2D eigenvalue weighted by Crippen LogP contribution is -2.30. The number of aromatic nitrogens is 2. The van der Waals surface area contributed by atoms with E-state index in [0.717, 1.165) is 0 Å². The van der Waals surface area contributed by atoms with E-state index in [4.69, 9.17) is 16.3 Å². The molecule has 0 fully saturated rings. The zero-order valence-corrected chi connectivity index (χ0v) is 17.9. The van der Waals surface area contributed by atoms with Gasteiger partial charge in [0.05, 0.1) is 28.1 Å². The van der Waals surface area contributed by atoms with Crippen LogP contribution in [0.25, 0.3) is 22.1 Å². The molecule has 0 bridgehead atoms. The molecular weight excluding hydrogens is 414 g/mol. The van der Waals surface area contributed by atoms with E-state index >= 15 is 0 Å². The Hall–Kier alpha value is -2.55. The third-order valence-electron chi connectivity index (χ3n) is 4.52. The molecular formula is C20H22ClN3O4S. The van der Waals surface area contributed by atoms with E-state index in [1.54, 1.807) is 50.3 Å². The minimum atomic E-state index is -3.57. The fourth-order valence-corrected chi connectivity index (χ4v) is 4.69. The molecule has 2 aromatic carbocycles. The third-order valence-corrected chi connectivity index (χ3v) is 6.85. The van der Waals surface area contributed by atoms with Crippen molar-refractivity contribution in [2.45, 2.75) is 18.7 Å². The number of phenols is 1. The summed E-state index contributed by atoms with van der Waals surface area (Å²) in [6.07, 6.45) is 1.64. The molecule has 0 aliphatic heterocycles. The molecule has 1 aromatic heterocycles. The number of H-pyrrole nitrogens is 1. The van der Waals surface area contributed by atoms with Crippen LogP contribution in [0.15, 0.2) is 41.3 Å². The Balaban J connectivity index is 1.96. The Bertz CT molecular complexity index is 1170. The van der Waals surface area contributed by atoms with Crippen molar-refractivity contribution in [3.8, 4) is 11.5 Å². The van der Waals surface area contributed by atoms with Gasteiger partial charge < -0.3 is 14.8 Å². The summed E-state index contributed by atoms with van der Waals surface area (Å²) < 4.78 is 31.9. The molecule has 9 heteroatoms. The highest BCUT2D eigenvalue weighted by molar-refractivity contribution is 7.89. The normalized spacial score (nSPS) is 12.7. The van der Waals surface area contributed by atoms with Gasteiger partial charge in [0.1, 0.15) is 5.82 Å². The lowest BCUT2D eigenvalue weighted by atomic mass is 10.2. The molecule has 7 nitrogen and oxygen atoms in total. The number of ether oxygens (including phenoxy) is 1. The van der Waals surface area contributed by atoms with Gasteiger partial charge >= 0.3 is 0 Å². The Morgan fingerprint density at radius 2 is 1.97 bits per heavy atom. The summed E-state index contributed by atoms with van der Waals surface area (Å²) in [7, 11) is -2.09. The van der Waals surface area contributed by atoms with Crippen molar-refractivity contribution in [1.29, 1.82) is 0 Å². The maximum Gasteiger partial charge on any atom is 0.243 e. The van der Waals surface area contributed by atoms with Gasteiger partial charge in [0, 0.05) is 13.1 Å². The molecule has 3 rings (SSSR count). The van der Waals surface area contributed by atoms with Crippen LogP contribution in [0.5, 0.6) is 11.5 Å². The molecule has 3 aromatic rings. The molecule has 0 saturated heterocycles. The van der Waals surface area contributed by atoms with Crippen molar-refractivity contribution in [3.05, 3.63) is 47.8 Å². The fourth-order valence-electron chi connectivity index (χ4n) is 2.99. The summed E-state index contributed by atoms with van der Waals surface area (Å²) in [6, 6.07) is 9.66. The molecule has 2 N–H and O–H groups in total. The van der Waals surface area contributed by atoms with Crippen LogP contribution in [-0.4, -0.2) is 48.0 Å². The monoisotopic (exact) mass is 435 g/mol. The van der Waals surface area contributed by atoms with E-state index in [0.29, 0.717) is 46.3 Å². The van der Waals surface area contributed by atoms with E-state index in [9.17, 15) is 13.5 Å².